The van der Waals surface area contributed by atoms with Gasteiger partial charge in [0.25, 0.3) is 5.91 Å². The number of carbonyl (C=O) groups is 2. The van der Waals surface area contributed by atoms with Crippen molar-refractivity contribution in [1.29, 1.82) is 0 Å². The van der Waals surface area contributed by atoms with Crippen LogP contribution in [0.25, 0.3) is 0 Å². The minimum atomic E-state index is -0.769. The summed E-state index contributed by atoms with van der Waals surface area (Å²) in [5.74, 6) is -1.16. The molecule has 2 aromatic rings. The molecule has 5 nitrogen and oxygen atoms in total. The summed E-state index contributed by atoms with van der Waals surface area (Å²) in [7, 11) is 0. The van der Waals surface area contributed by atoms with Crippen molar-refractivity contribution in [3.63, 3.8) is 0 Å². The van der Waals surface area contributed by atoms with Crippen LogP contribution in [0.3, 0.4) is 0 Å². The average Bonchev–Trinajstić information content (AvgIpc) is 2.61. The van der Waals surface area contributed by atoms with E-state index < -0.39 is 17.8 Å². The summed E-state index contributed by atoms with van der Waals surface area (Å²) in [6.07, 6.45) is 0. The van der Waals surface area contributed by atoms with Crippen LogP contribution in [0.2, 0.25) is 5.02 Å². The van der Waals surface area contributed by atoms with Gasteiger partial charge in [0.2, 0.25) is 5.91 Å². The minimum Gasteiger partial charge on any atom is -0.488 e. The van der Waals surface area contributed by atoms with Crippen LogP contribution in [-0.2, 0) is 4.79 Å². The van der Waals surface area contributed by atoms with E-state index in [1.54, 1.807) is 50.2 Å². The molecular formula is C19H20ClFN2O3. The fourth-order valence-corrected chi connectivity index (χ4v) is 2.39. The van der Waals surface area contributed by atoms with Crippen molar-refractivity contribution in [2.45, 2.75) is 25.9 Å². The maximum absolute atomic E-state index is 13.5. The number of rotatable bonds is 7. The van der Waals surface area contributed by atoms with Crippen LogP contribution in [0.5, 0.6) is 5.75 Å². The third-order valence-corrected chi connectivity index (χ3v) is 3.90. The van der Waals surface area contributed by atoms with E-state index in [-0.39, 0.29) is 24.3 Å². The monoisotopic (exact) mass is 378 g/mol. The molecule has 0 aliphatic carbocycles. The second kappa shape index (κ2) is 9.20. The van der Waals surface area contributed by atoms with E-state index in [9.17, 15) is 14.0 Å². The van der Waals surface area contributed by atoms with Crippen molar-refractivity contribution in [2.75, 3.05) is 6.61 Å². The van der Waals surface area contributed by atoms with Gasteiger partial charge in [-0.05, 0) is 38.1 Å². The van der Waals surface area contributed by atoms with Gasteiger partial charge in [-0.2, -0.15) is 0 Å². The van der Waals surface area contributed by atoms with Gasteiger partial charge in [-0.3, -0.25) is 9.59 Å². The number of hydrogen-bond donors (Lipinski definition) is 2. The number of para-hydroxylation sites is 1. The molecule has 26 heavy (non-hydrogen) atoms. The van der Waals surface area contributed by atoms with Crippen LogP contribution in [0.15, 0.2) is 48.5 Å². The summed E-state index contributed by atoms with van der Waals surface area (Å²) in [5.41, 5.74) is 0.296. The molecule has 2 rings (SSSR count). The maximum atomic E-state index is 13.5. The van der Waals surface area contributed by atoms with Gasteiger partial charge in [0.05, 0.1) is 16.6 Å². The molecule has 0 saturated carbocycles. The molecule has 2 N–H and O–H groups in total. The highest BCUT2D eigenvalue weighted by molar-refractivity contribution is 6.33. The van der Waals surface area contributed by atoms with Gasteiger partial charge < -0.3 is 15.4 Å². The van der Waals surface area contributed by atoms with E-state index in [1.165, 1.54) is 12.1 Å². The second-order valence-corrected chi connectivity index (χ2v) is 6.23. The molecule has 7 heteroatoms. The number of amides is 2. The molecule has 2 aromatic carbocycles. The molecule has 0 bridgehead atoms. The summed E-state index contributed by atoms with van der Waals surface area (Å²) in [6.45, 7) is 3.38. The van der Waals surface area contributed by atoms with E-state index >= 15 is 0 Å². The first-order valence-corrected chi connectivity index (χ1v) is 8.49. The van der Waals surface area contributed by atoms with Gasteiger partial charge in [0.1, 0.15) is 12.6 Å². The van der Waals surface area contributed by atoms with Gasteiger partial charge >= 0.3 is 0 Å². The summed E-state index contributed by atoms with van der Waals surface area (Å²) >= 11 is 5.97. The fraction of sp³-hybridized carbons (Fsp3) is 0.263. The van der Waals surface area contributed by atoms with E-state index in [0.717, 1.165) is 0 Å². The van der Waals surface area contributed by atoms with Crippen molar-refractivity contribution in [3.8, 4) is 5.75 Å². The SMILES string of the molecule is CC(COc1ccccc1F)NC(=O)C(C)NC(=O)c1ccccc1Cl. The Balaban J connectivity index is 1.83. The van der Waals surface area contributed by atoms with Crippen LogP contribution < -0.4 is 15.4 Å². The molecule has 2 amide bonds. The summed E-state index contributed by atoms with van der Waals surface area (Å²) in [6, 6.07) is 11.5. The Morgan fingerprint density at radius 1 is 1.08 bits per heavy atom. The van der Waals surface area contributed by atoms with E-state index in [2.05, 4.69) is 10.6 Å². The normalized spacial score (nSPS) is 12.8. The quantitative estimate of drug-likeness (QED) is 0.777. The lowest BCUT2D eigenvalue weighted by atomic mass is 10.2. The van der Waals surface area contributed by atoms with Crippen LogP contribution in [-0.4, -0.2) is 30.5 Å². The largest absolute Gasteiger partial charge is 0.488 e. The van der Waals surface area contributed by atoms with E-state index in [1.807, 2.05) is 0 Å². The third kappa shape index (κ3) is 5.46. The number of carbonyl (C=O) groups excluding carboxylic acids is 2. The first kappa shape index (κ1) is 19.7. The molecular weight excluding hydrogens is 359 g/mol. The van der Waals surface area contributed by atoms with E-state index in [0.29, 0.717) is 10.6 Å². The Hall–Kier alpha value is -2.60. The predicted molar refractivity (Wildman–Crippen MR) is 97.9 cm³/mol. The van der Waals surface area contributed by atoms with Crippen LogP contribution in [0, 0.1) is 5.82 Å². The van der Waals surface area contributed by atoms with Gasteiger partial charge in [0, 0.05) is 0 Å². The molecule has 0 radical (unpaired) electrons. The smallest absolute Gasteiger partial charge is 0.253 e. The standard InChI is InChI=1S/C19H20ClFN2O3/c1-12(11-26-17-10-6-5-9-16(17)21)22-18(24)13(2)23-19(25)14-7-3-4-8-15(14)20/h3-10,12-13H,11H2,1-2H3,(H,22,24)(H,23,25). The lowest BCUT2D eigenvalue weighted by Gasteiger charge is -2.19. The van der Waals surface area contributed by atoms with Crippen molar-refractivity contribution >= 4 is 23.4 Å². The molecule has 0 aliphatic heterocycles. The zero-order chi connectivity index (χ0) is 19.1. The molecule has 0 fully saturated rings. The Morgan fingerprint density at radius 3 is 2.42 bits per heavy atom. The molecule has 2 unspecified atom stereocenters. The second-order valence-electron chi connectivity index (χ2n) is 5.83. The number of hydrogen-bond acceptors (Lipinski definition) is 3. The molecule has 0 spiro atoms. The number of benzene rings is 2. The summed E-state index contributed by atoms with van der Waals surface area (Å²) < 4.78 is 18.8. The van der Waals surface area contributed by atoms with Crippen molar-refractivity contribution in [2.24, 2.45) is 0 Å². The number of ether oxygens (including phenoxy) is 1. The Bertz CT molecular complexity index is 785. The van der Waals surface area contributed by atoms with Gasteiger partial charge in [-0.25, -0.2) is 4.39 Å². The van der Waals surface area contributed by atoms with Crippen molar-refractivity contribution < 1.29 is 18.7 Å². The topological polar surface area (TPSA) is 67.4 Å². The number of halogens is 2. The third-order valence-electron chi connectivity index (χ3n) is 3.57. The lowest BCUT2D eigenvalue weighted by Crippen LogP contribution is -2.48. The predicted octanol–water partition coefficient (Wildman–Crippen LogP) is 3.18. The first-order valence-electron chi connectivity index (χ1n) is 8.11. The molecule has 2 atom stereocenters. The Labute approximate surface area is 156 Å². The summed E-state index contributed by atoms with van der Waals surface area (Å²) in [5, 5.41) is 5.61. The van der Waals surface area contributed by atoms with Crippen molar-refractivity contribution in [3.05, 3.63) is 64.9 Å². The highest BCUT2D eigenvalue weighted by Gasteiger charge is 2.19. The van der Waals surface area contributed by atoms with Crippen LogP contribution in [0.1, 0.15) is 24.2 Å². The van der Waals surface area contributed by atoms with Gasteiger partial charge in [-0.15, -0.1) is 0 Å². The maximum Gasteiger partial charge on any atom is 0.253 e. The molecule has 0 aliphatic rings. The number of nitrogens with one attached hydrogen (secondary N) is 2. The van der Waals surface area contributed by atoms with Crippen molar-refractivity contribution in [1.82, 2.24) is 10.6 Å². The Morgan fingerprint density at radius 2 is 1.73 bits per heavy atom. The minimum absolute atomic E-state index is 0.0951. The average molecular weight is 379 g/mol. The molecule has 0 heterocycles. The summed E-state index contributed by atoms with van der Waals surface area (Å²) in [4.78, 5) is 24.4. The molecule has 138 valence electrons. The van der Waals surface area contributed by atoms with Crippen LogP contribution in [0.4, 0.5) is 4.39 Å². The fourth-order valence-electron chi connectivity index (χ4n) is 2.17. The zero-order valence-electron chi connectivity index (χ0n) is 14.5. The Kier molecular flexibility index (Phi) is 6.97. The van der Waals surface area contributed by atoms with Crippen LogP contribution >= 0.6 is 11.6 Å². The highest BCUT2D eigenvalue weighted by Crippen LogP contribution is 2.16. The van der Waals surface area contributed by atoms with E-state index in [4.69, 9.17) is 16.3 Å². The zero-order valence-corrected chi connectivity index (χ0v) is 15.2. The van der Waals surface area contributed by atoms with Gasteiger partial charge in [0.15, 0.2) is 11.6 Å². The van der Waals surface area contributed by atoms with Gasteiger partial charge in [-0.1, -0.05) is 35.9 Å². The molecule has 0 aromatic heterocycles. The lowest BCUT2D eigenvalue weighted by molar-refractivity contribution is -0.123. The first-order chi connectivity index (χ1) is 12.4. The molecule has 0 saturated heterocycles. The highest BCUT2D eigenvalue weighted by atomic mass is 35.5.